The fourth-order valence-electron chi connectivity index (χ4n) is 2.63. The maximum atomic E-state index is 11.9. The molecule has 0 aliphatic carbocycles. The second kappa shape index (κ2) is 12.3. The van der Waals surface area contributed by atoms with E-state index >= 15 is 0 Å². The molecule has 0 aromatic heterocycles. The number of aliphatic imine (C=N–C) groups is 1. The summed E-state index contributed by atoms with van der Waals surface area (Å²) in [7, 11) is 3.47. The van der Waals surface area contributed by atoms with Gasteiger partial charge in [-0.15, -0.1) is 0 Å². The summed E-state index contributed by atoms with van der Waals surface area (Å²) in [5, 5.41) is 6.74. The minimum Gasteiger partial charge on any atom is -0.378 e. The van der Waals surface area contributed by atoms with Crippen LogP contribution in [0, 0.1) is 5.92 Å². The minimum atomic E-state index is -0.0298. The van der Waals surface area contributed by atoms with Crippen molar-refractivity contribution in [1.29, 1.82) is 0 Å². The first kappa shape index (κ1) is 23.0. The zero-order chi connectivity index (χ0) is 20.2. The van der Waals surface area contributed by atoms with Crippen LogP contribution in [-0.2, 0) is 9.53 Å². The molecule has 27 heavy (non-hydrogen) atoms. The van der Waals surface area contributed by atoms with Crippen LogP contribution in [0.3, 0.4) is 0 Å². The number of hydrogen-bond donors (Lipinski definition) is 2. The number of likely N-dealkylation sites (N-methyl/N-ethyl adjacent to an activating group) is 1. The molecule has 0 aliphatic heterocycles. The number of amides is 1. The molecule has 1 aromatic carbocycles. The Morgan fingerprint density at radius 2 is 1.85 bits per heavy atom. The first-order valence-electron chi connectivity index (χ1n) is 9.76. The molecular weight excluding hydrogens is 340 g/mol. The lowest BCUT2D eigenvalue weighted by Crippen LogP contribution is -2.41. The van der Waals surface area contributed by atoms with Gasteiger partial charge in [0.1, 0.15) is 6.54 Å². The van der Waals surface area contributed by atoms with E-state index in [1.165, 1.54) is 5.56 Å². The number of rotatable bonds is 10. The molecule has 0 fully saturated rings. The maximum absolute atomic E-state index is 11.9. The molecule has 0 bridgehead atoms. The molecule has 2 atom stereocenters. The summed E-state index contributed by atoms with van der Waals surface area (Å²) in [5.74, 6) is 1.07. The number of carbonyl (C=O) groups is 1. The molecule has 152 valence electrons. The molecular formula is C21H36N4O2. The lowest BCUT2D eigenvalue weighted by atomic mass is 10.0. The molecule has 0 saturated heterocycles. The smallest absolute Gasteiger partial charge is 0.243 e. The number of benzene rings is 1. The van der Waals surface area contributed by atoms with Crippen LogP contribution >= 0.6 is 0 Å². The van der Waals surface area contributed by atoms with Gasteiger partial charge in [0.05, 0.1) is 12.1 Å². The fraction of sp³-hybridized carbons (Fsp3) is 0.619. The van der Waals surface area contributed by atoms with E-state index in [0.29, 0.717) is 18.5 Å². The Hall–Kier alpha value is -2.08. The summed E-state index contributed by atoms with van der Waals surface area (Å²) in [5.41, 5.74) is 1.17. The molecule has 1 rings (SSSR count). The van der Waals surface area contributed by atoms with Gasteiger partial charge in [0.25, 0.3) is 0 Å². The van der Waals surface area contributed by atoms with E-state index in [0.717, 1.165) is 13.0 Å². The van der Waals surface area contributed by atoms with Crippen molar-refractivity contribution in [1.82, 2.24) is 15.5 Å². The standard InChI is InChI=1S/C21H36N4O2/c1-7-27-19(16(2)3)13-14-22-21(23-15-20(26)25(5)6)24-17(4)18-11-9-8-10-12-18/h8-12,16-17,19H,7,13-15H2,1-6H3,(H2,22,23,24). The van der Waals surface area contributed by atoms with E-state index in [-0.39, 0.29) is 24.6 Å². The minimum absolute atomic E-state index is 0.0298. The first-order chi connectivity index (χ1) is 12.8. The Balaban J connectivity index is 2.72. The van der Waals surface area contributed by atoms with Crippen molar-refractivity contribution in [3.63, 3.8) is 0 Å². The summed E-state index contributed by atoms with van der Waals surface area (Å²) in [6.07, 6.45) is 1.09. The zero-order valence-electron chi connectivity index (χ0n) is 17.7. The van der Waals surface area contributed by atoms with Crippen LogP contribution < -0.4 is 10.6 Å². The lowest BCUT2D eigenvalue weighted by Gasteiger charge is -2.23. The van der Waals surface area contributed by atoms with Crippen molar-refractivity contribution in [2.75, 3.05) is 33.8 Å². The number of carbonyl (C=O) groups excluding carboxylic acids is 1. The van der Waals surface area contributed by atoms with Crippen molar-refractivity contribution in [2.24, 2.45) is 10.9 Å². The highest BCUT2D eigenvalue weighted by atomic mass is 16.5. The topological polar surface area (TPSA) is 66.0 Å². The van der Waals surface area contributed by atoms with Gasteiger partial charge in [-0.2, -0.15) is 0 Å². The van der Waals surface area contributed by atoms with Crippen LogP contribution in [0.2, 0.25) is 0 Å². The van der Waals surface area contributed by atoms with E-state index in [2.05, 4.69) is 48.5 Å². The SMILES string of the molecule is CCOC(CCNC(=NCC(=O)N(C)C)NC(C)c1ccccc1)C(C)C. The summed E-state index contributed by atoms with van der Waals surface area (Å²) in [6, 6.07) is 10.3. The maximum Gasteiger partial charge on any atom is 0.243 e. The second-order valence-corrected chi connectivity index (χ2v) is 7.18. The van der Waals surface area contributed by atoms with Gasteiger partial charge in [0.2, 0.25) is 5.91 Å². The quantitative estimate of drug-likeness (QED) is 0.487. The number of ether oxygens (including phenoxy) is 1. The highest BCUT2D eigenvalue weighted by molar-refractivity contribution is 5.85. The predicted octanol–water partition coefficient (Wildman–Crippen LogP) is 2.82. The Morgan fingerprint density at radius 3 is 2.41 bits per heavy atom. The van der Waals surface area contributed by atoms with Gasteiger partial charge in [0, 0.05) is 27.2 Å². The van der Waals surface area contributed by atoms with Crippen molar-refractivity contribution >= 4 is 11.9 Å². The normalized spacial score (nSPS) is 14.0. The lowest BCUT2D eigenvalue weighted by molar-refractivity contribution is -0.127. The van der Waals surface area contributed by atoms with Crippen LogP contribution in [-0.4, -0.2) is 56.7 Å². The Labute approximate surface area is 164 Å². The predicted molar refractivity (Wildman–Crippen MR) is 112 cm³/mol. The average Bonchev–Trinajstić information content (AvgIpc) is 2.65. The molecule has 0 heterocycles. The van der Waals surface area contributed by atoms with Gasteiger partial charge in [-0.1, -0.05) is 44.2 Å². The Bertz CT molecular complexity index is 573. The van der Waals surface area contributed by atoms with Gasteiger partial charge in [-0.3, -0.25) is 4.79 Å². The third-order valence-corrected chi connectivity index (χ3v) is 4.37. The van der Waals surface area contributed by atoms with E-state index < -0.39 is 0 Å². The van der Waals surface area contributed by atoms with Crippen molar-refractivity contribution < 1.29 is 9.53 Å². The van der Waals surface area contributed by atoms with Crippen LogP contribution in [0.25, 0.3) is 0 Å². The molecule has 6 heteroatoms. The van der Waals surface area contributed by atoms with E-state index in [9.17, 15) is 4.79 Å². The van der Waals surface area contributed by atoms with Gasteiger partial charge in [0.15, 0.2) is 5.96 Å². The molecule has 0 aliphatic rings. The fourth-order valence-corrected chi connectivity index (χ4v) is 2.63. The molecule has 2 unspecified atom stereocenters. The molecule has 2 N–H and O–H groups in total. The molecule has 0 saturated carbocycles. The third-order valence-electron chi connectivity index (χ3n) is 4.37. The monoisotopic (exact) mass is 376 g/mol. The van der Waals surface area contributed by atoms with E-state index in [1.807, 2.05) is 25.1 Å². The summed E-state index contributed by atoms with van der Waals surface area (Å²) >= 11 is 0. The van der Waals surface area contributed by atoms with Crippen molar-refractivity contribution in [3.8, 4) is 0 Å². The highest BCUT2D eigenvalue weighted by Crippen LogP contribution is 2.12. The average molecular weight is 377 g/mol. The van der Waals surface area contributed by atoms with Gasteiger partial charge in [-0.05, 0) is 31.7 Å². The van der Waals surface area contributed by atoms with Crippen molar-refractivity contribution in [3.05, 3.63) is 35.9 Å². The van der Waals surface area contributed by atoms with Gasteiger partial charge < -0.3 is 20.3 Å². The Morgan fingerprint density at radius 1 is 1.19 bits per heavy atom. The zero-order valence-corrected chi connectivity index (χ0v) is 17.7. The summed E-state index contributed by atoms with van der Waals surface area (Å²) in [4.78, 5) is 17.9. The third kappa shape index (κ3) is 8.91. The molecule has 6 nitrogen and oxygen atoms in total. The van der Waals surface area contributed by atoms with Crippen LogP contribution in [0.1, 0.15) is 45.7 Å². The van der Waals surface area contributed by atoms with Crippen molar-refractivity contribution in [2.45, 2.75) is 46.3 Å². The number of nitrogens with zero attached hydrogens (tertiary/aromatic N) is 2. The van der Waals surface area contributed by atoms with Crippen LogP contribution in [0.4, 0.5) is 0 Å². The molecule has 0 spiro atoms. The molecule has 1 aromatic rings. The molecule has 1 amide bonds. The largest absolute Gasteiger partial charge is 0.378 e. The number of hydrogen-bond acceptors (Lipinski definition) is 3. The van der Waals surface area contributed by atoms with Gasteiger partial charge >= 0.3 is 0 Å². The number of nitrogens with one attached hydrogen (secondary N) is 2. The summed E-state index contributed by atoms with van der Waals surface area (Å²) in [6.45, 7) is 9.99. The highest BCUT2D eigenvalue weighted by Gasteiger charge is 2.14. The van der Waals surface area contributed by atoms with E-state index in [4.69, 9.17) is 4.74 Å². The van der Waals surface area contributed by atoms with Gasteiger partial charge in [-0.25, -0.2) is 4.99 Å². The first-order valence-corrected chi connectivity index (χ1v) is 9.76. The molecule has 0 radical (unpaired) electrons. The Kier molecular flexibility index (Phi) is 10.5. The number of guanidine groups is 1. The summed E-state index contributed by atoms with van der Waals surface area (Å²) < 4.78 is 5.80. The van der Waals surface area contributed by atoms with E-state index in [1.54, 1.807) is 19.0 Å². The second-order valence-electron chi connectivity index (χ2n) is 7.18. The van der Waals surface area contributed by atoms with Crippen LogP contribution in [0.5, 0.6) is 0 Å². The van der Waals surface area contributed by atoms with Crippen LogP contribution in [0.15, 0.2) is 35.3 Å².